The molecule has 8 heteroatoms. The summed E-state index contributed by atoms with van der Waals surface area (Å²) in [7, 11) is -2.48. The molecule has 0 aliphatic heterocycles. The monoisotopic (exact) mass is 478 g/mol. The number of allylic oxidation sites excluding steroid dienone is 1. The van der Waals surface area contributed by atoms with Gasteiger partial charge in [-0.05, 0) is 60.5 Å². The van der Waals surface area contributed by atoms with Crippen molar-refractivity contribution in [3.05, 3.63) is 96.6 Å². The van der Waals surface area contributed by atoms with Crippen LogP contribution in [-0.4, -0.2) is 39.9 Å². The molecule has 0 amide bonds. The minimum absolute atomic E-state index is 0.0166. The zero-order valence-corrected chi connectivity index (χ0v) is 19.6. The van der Waals surface area contributed by atoms with Gasteiger partial charge in [0.05, 0.1) is 35.9 Å². The Morgan fingerprint density at radius 1 is 1.09 bits per heavy atom. The highest BCUT2D eigenvalue weighted by molar-refractivity contribution is 7.92. The molecule has 0 unspecified atom stereocenters. The number of nitriles is 1. The van der Waals surface area contributed by atoms with E-state index in [0.29, 0.717) is 29.2 Å². The fourth-order valence-corrected chi connectivity index (χ4v) is 4.82. The van der Waals surface area contributed by atoms with Gasteiger partial charge in [-0.25, -0.2) is 8.42 Å². The Balaban J connectivity index is 1.80. The maximum atomic E-state index is 13.4. The van der Waals surface area contributed by atoms with Crippen molar-refractivity contribution >= 4 is 15.7 Å². The Hall–Kier alpha value is -3.80. The molecule has 3 aromatic rings. The van der Waals surface area contributed by atoms with Crippen LogP contribution in [0.1, 0.15) is 11.1 Å². The predicted octanol–water partition coefficient (Wildman–Crippen LogP) is 3.93. The third-order valence-electron chi connectivity index (χ3n) is 5.03. The molecule has 34 heavy (non-hydrogen) atoms. The smallest absolute Gasteiger partial charge is 0.264 e. The van der Waals surface area contributed by atoms with Gasteiger partial charge in [0.15, 0.2) is 11.5 Å². The van der Waals surface area contributed by atoms with Crippen molar-refractivity contribution in [2.24, 2.45) is 0 Å². The minimum Gasteiger partial charge on any atom is -0.493 e. The van der Waals surface area contributed by atoms with Crippen molar-refractivity contribution in [2.45, 2.75) is 17.4 Å². The summed E-state index contributed by atoms with van der Waals surface area (Å²) in [4.78, 5) is 0.0166. The van der Waals surface area contributed by atoms with E-state index in [1.807, 2.05) is 18.2 Å². The predicted molar refractivity (Wildman–Crippen MR) is 131 cm³/mol. The number of rotatable bonds is 11. The number of aliphatic hydroxyl groups is 1. The van der Waals surface area contributed by atoms with Gasteiger partial charge in [-0.2, -0.15) is 5.26 Å². The van der Waals surface area contributed by atoms with Gasteiger partial charge in [-0.1, -0.05) is 30.3 Å². The molecule has 0 fully saturated rings. The Morgan fingerprint density at radius 3 is 2.41 bits per heavy atom. The second-order valence-corrected chi connectivity index (χ2v) is 9.31. The van der Waals surface area contributed by atoms with E-state index in [1.165, 1.54) is 31.4 Å². The number of nitrogens with zero attached hydrogens (tertiary/aromatic N) is 2. The van der Waals surface area contributed by atoms with Crippen LogP contribution >= 0.6 is 0 Å². The van der Waals surface area contributed by atoms with Gasteiger partial charge in [0.2, 0.25) is 0 Å². The lowest BCUT2D eigenvalue weighted by Gasteiger charge is -2.27. The largest absolute Gasteiger partial charge is 0.493 e. The molecule has 3 rings (SSSR count). The molecule has 176 valence electrons. The van der Waals surface area contributed by atoms with Crippen LogP contribution in [0.15, 0.2) is 90.3 Å². The van der Waals surface area contributed by atoms with Crippen molar-refractivity contribution in [2.75, 3.05) is 24.6 Å². The molecule has 0 bridgehead atoms. The molecule has 0 spiro atoms. The Bertz CT molecular complexity index is 1250. The molecule has 0 saturated heterocycles. The van der Waals surface area contributed by atoms with Crippen LogP contribution in [0.4, 0.5) is 5.69 Å². The summed E-state index contributed by atoms with van der Waals surface area (Å²) in [5.41, 5.74) is 1.76. The highest BCUT2D eigenvalue weighted by atomic mass is 32.2. The van der Waals surface area contributed by atoms with E-state index in [9.17, 15) is 13.5 Å². The Kier molecular flexibility index (Phi) is 8.30. The van der Waals surface area contributed by atoms with Gasteiger partial charge in [-0.3, -0.25) is 4.31 Å². The number of aliphatic hydroxyl groups excluding tert-OH is 1. The number of anilines is 1. The molecule has 0 aliphatic rings. The van der Waals surface area contributed by atoms with Crippen LogP contribution in [0.2, 0.25) is 0 Å². The fourth-order valence-electron chi connectivity index (χ4n) is 3.32. The first-order valence-corrected chi connectivity index (χ1v) is 12.0. The summed E-state index contributed by atoms with van der Waals surface area (Å²) in [6.07, 6.45) is 1.33. The molecule has 7 nitrogen and oxygen atoms in total. The number of para-hydroxylation sites is 1. The lowest BCUT2D eigenvalue weighted by atomic mass is 10.1. The van der Waals surface area contributed by atoms with Crippen LogP contribution in [0.25, 0.3) is 0 Å². The third kappa shape index (κ3) is 5.95. The number of sulfonamides is 1. The van der Waals surface area contributed by atoms with Crippen LogP contribution in [0, 0.1) is 11.3 Å². The molecule has 0 aromatic heterocycles. The van der Waals surface area contributed by atoms with Crippen molar-refractivity contribution in [1.82, 2.24) is 0 Å². The average molecular weight is 479 g/mol. The van der Waals surface area contributed by atoms with Crippen LogP contribution < -0.4 is 13.8 Å². The number of hydrogen-bond acceptors (Lipinski definition) is 6. The molecule has 1 N–H and O–H groups in total. The van der Waals surface area contributed by atoms with Crippen molar-refractivity contribution in [1.29, 1.82) is 5.26 Å². The first-order chi connectivity index (χ1) is 16.4. The molecular weight excluding hydrogens is 452 g/mol. The quantitative estimate of drug-likeness (QED) is 0.419. The Labute approximate surface area is 200 Å². The second kappa shape index (κ2) is 11.4. The average Bonchev–Trinajstić information content (AvgIpc) is 2.87. The van der Waals surface area contributed by atoms with Gasteiger partial charge in [0, 0.05) is 0 Å². The lowest BCUT2D eigenvalue weighted by molar-refractivity contribution is 0.113. The van der Waals surface area contributed by atoms with E-state index in [4.69, 9.17) is 14.7 Å². The van der Waals surface area contributed by atoms with Crippen molar-refractivity contribution < 1.29 is 23.0 Å². The molecular formula is C26H26N2O5S. The van der Waals surface area contributed by atoms with Gasteiger partial charge < -0.3 is 14.6 Å². The Morgan fingerprint density at radius 2 is 1.79 bits per heavy atom. The van der Waals surface area contributed by atoms with Crippen LogP contribution in [0.5, 0.6) is 11.5 Å². The summed E-state index contributed by atoms with van der Waals surface area (Å²) < 4.78 is 39.1. The van der Waals surface area contributed by atoms with Crippen molar-refractivity contribution in [3.8, 4) is 17.6 Å². The highest BCUT2D eigenvalue weighted by Gasteiger charge is 2.27. The zero-order valence-electron chi connectivity index (χ0n) is 18.8. The van der Waals surface area contributed by atoms with Crippen LogP contribution in [0.3, 0.4) is 0 Å². The van der Waals surface area contributed by atoms with E-state index in [2.05, 4.69) is 6.58 Å². The van der Waals surface area contributed by atoms with Gasteiger partial charge >= 0.3 is 0 Å². The minimum atomic E-state index is -4.01. The fraction of sp³-hybridized carbons (Fsp3) is 0.192. The first-order valence-electron chi connectivity index (χ1n) is 10.6. The normalized spacial score (nSPS) is 11.8. The number of ether oxygens (including phenoxy) is 2. The maximum Gasteiger partial charge on any atom is 0.264 e. The van der Waals surface area contributed by atoms with E-state index in [0.717, 1.165) is 9.87 Å². The summed E-state index contributed by atoms with van der Waals surface area (Å²) in [6, 6.07) is 21.6. The van der Waals surface area contributed by atoms with Crippen LogP contribution in [-0.2, 0) is 16.4 Å². The lowest BCUT2D eigenvalue weighted by Crippen LogP contribution is -2.39. The second-order valence-electron chi connectivity index (χ2n) is 7.45. The SMILES string of the molecule is C=CCc1ccc(OC[C@@H](O)CN(c2ccccc2)S(=O)(=O)c2ccc(C#N)cc2)c(OC)c1. The van der Waals surface area contributed by atoms with E-state index < -0.39 is 16.1 Å². The topological polar surface area (TPSA) is 99.9 Å². The maximum absolute atomic E-state index is 13.4. The zero-order chi connectivity index (χ0) is 24.6. The molecule has 1 atom stereocenters. The molecule has 0 heterocycles. The number of methoxy groups -OCH3 is 1. The highest BCUT2D eigenvalue weighted by Crippen LogP contribution is 2.29. The van der Waals surface area contributed by atoms with E-state index in [-0.39, 0.29) is 18.0 Å². The number of benzene rings is 3. The molecule has 0 aliphatic carbocycles. The van der Waals surface area contributed by atoms with Gasteiger partial charge in [-0.15, -0.1) is 6.58 Å². The number of hydrogen-bond donors (Lipinski definition) is 1. The molecule has 0 saturated carbocycles. The summed E-state index contributed by atoms with van der Waals surface area (Å²) in [5.74, 6) is 0.951. The van der Waals surface area contributed by atoms with Crippen molar-refractivity contribution in [3.63, 3.8) is 0 Å². The summed E-state index contributed by atoms with van der Waals surface area (Å²) >= 11 is 0. The molecule has 0 radical (unpaired) electrons. The van der Waals surface area contributed by atoms with E-state index >= 15 is 0 Å². The van der Waals surface area contributed by atoms with E-state index in [1.54, 1.807) is 42.5 Å². The van der Waals surface area contributed by atoms with Gasteiger partial charge in [0.25, 0.3) is 10.0 Å². The summed E-state index contributed by atoms with van der Waals surface area (Å²) in [5, 5.41) is 19.7. The standard InChI is InChI=1S/C26H26N2O5S/c1-3-7-20-12-15-25(26(16-20)32-2)33-19-23(29)18-28(22-8-5-4-6-9-22)34(30,31)24-13-10-21(17-27)11-14-24/h3-6,8-16,23,29H,1,7,18-19H2,2H3/t23-/m0/s1. The first kappa shape index (κ1) is 24.8. The summed E-state index contributed by atoms with van der Waals surface area (Å²) in [6.45, 7) is 3.34. The molecule has 3 aromatic carbocycles. The van der Waals surface area contributed by atoms with Gasteiger partial charge in [0.1, 0.15) is 12.7 Å². The third-order valence-corrected chi connectivity index (χ3v) is 6.84.